The molecule has 0 aliphatic heterocycles. The first-order chi connectivity index (χ1) is 7.09. The normalized spacial score (nSPS) is 10.8. The van der Waals surface area contributed by atoms with Crippen LogP contribution in [0.1, 0.15) is 19.4 Å². The Labute approximate surface area is 89.9 Å². The number of aromatic nitrogens is 1. The first-order valence-corrected chi connectivity index (χ1v) is 4.73. The minimum Gasteiger partial charge on any atom is -0.377 e. The van der Waals surface area contributed by atoms with E-state index < -0.39 is 0 Å². The van der Waals surface area contributed by atoms with Gasteiger partial charge in [-0.1, -0.05) is 0 Å². The molecule has 15 heavy (non-hydrogen) atoms. The lowest BCUT2D eigenvalue weighted by atomic mass is 10.1. The lowest BCUT2D eigenvalue weighted by Crippen LogP contribution is -2.32. The Bertz CT molecular complexity index is 368. The molecule has 1 heterocycles. The molecule has 0 aliphatic rings. The summed E-state index contributed by atoms with van der Waals surface area (Å²) in [6.45, 7) is 4.54. The zero-order valence-electron chi connectivity index (χ0n) is 9.24. The van der Waals surface area contributed by atoms with E-state index in [2.05, 4.69) is 16.4 Å². The van der Waals surface area contributed by atoms with Crippen LogP contribution in [0.25, 0.3) is 0 Å². The fourth-order valence-electron chi connectivity index (χ4n) is 1.01. The van der Waals surface area contributed by atoms with Crippen LogP contribution in [0.5, 0.6) is 0 Å². The number of nitrogens with one attached hydrogen (secondary N) is 1. The van der Waals surface area contributed by atoms with Crippen LogP contribution in [0.15, 0.2) is 18.3 Å². The van der Waals surface area contributed by atoms with E-state index in [0.29, 0.717) is 17.9 Å². The fraction of sp³-hybridized carbons (Fsp3) is 0.455. The first kappa shape index (κ1) is 11.5. The molecule has 0 spiro atoms. The van der Waals surface area contributed by atoms with Gasteiger partial charge in [-0.15, -0.1) is 0 Å². The van der Waals surface area contributed by atoms with Crippen molar-refractivity contribution in [3.8, 4) is 6.07 Å². The third-order valence-electron chi connectivity index (χ3n) is 2.16. The van der Waals surface area contributed by atoms with Crippen LogP contribution in [-0.2, 0) is 4.74 Å². The molecule has 4 heteroatoms. The number of pyridine rings is 1. The Hall–Kier alpha value is -1.60. The molecular formula is C11H15N3O. The van der Waals surface area contributed by atoms with Crippen LogP contribution in [0.3, 0.4) is 0 Å². The van der Waals surface area contributed by atoms with E-state index >= 15 is 0 Å². The van der Waals surface area contributed by atoms with Gasteiger partial charge in [0.2, 0.25) is 0 Å². The van der Waals surface area contributed by atoms with E-state index in [9.17, 15) is 0 Å². The number of hydrogen-bond acceptors (Lipinski definition) is 4. The summed E-state index contributed by atoms with van der Waals surface area (Å²) in [4.78, 5) is 4.10. The number of hydrogen-bond donors (Lipinski definition) is 1. The summed E-state index contributed by atoms with van der Waals surface area (Å²) in [5.41, 5.74) is 0.272. The maximum Gasteiger partial charge on any atom is 0.143 e. The van der Waals surface area contributed by atoms with E-state index in [1.165, 1.54) is 0 Å². The SMILES string of the molecule is COC(C)(C)CNc1ncccc1C#N. The summed E-state index contributed by atoms with van der Waals surface area (Å²) in [5.74, 6) is 0.602. The predicted octanol–water partition coefficient (Wildman–Crippen LogP) is 1.79. The molecule has 80 valence electrons. The van der Waals surface area contributed by atoms with Gasteiger partial charge in [0.25, 0.3) is 0 Å². The molecule has 0 unspecified atom stereocenters. The summed E-state index contributed by atoms with van der Waals surface area (Å²) in [7, 11) is 1.66. The molecule has 1 rings (SSSR count). The fourth-order valence-corrected chi connectivity index (χ4v) is 1.01. The van der Waals surface area contributed by atoms with Gasteiger partial charge in [0.1, 0.15) is 11.9 Å². The minimum absolute atomic E-state index is 0.274. The summed E-state index contributed by atoms with van der Waals surface area (Å²) in [6, 6.07) is 5.56. The number of nitriles is 1. The third kappa shape index (κ3) is 3.22. The van der Waals surface area contributed by atoms with E-state index in [-0.39, 0.29) is 5.60 Å². The topological polar surface area (TPSA) is 57.9 Å². The highest BCUT2D eigenvalue weighted by Gasteiger charge is 2.16. The Morgan fingerprint density at radius 2 is 2.33 bits per heavy atom. The van der Waals surface area contributed by atoms with Crippen molar-refractivity contribution in [1.29, 1.82) is 5.26 Å². The molecule has 0 fully saturated rings. The quantitative estimate of drug-likeness (QED) is 0.814. The standard InChI is InChI=1S/C11H15N3O/c1-11(2,15-3)8-14-10-9(7-12)5-4-6-13-10/h4-6H,8H2,1-3H3,(H,13,14). The van der Waals surface area contributed by atoms with Crippen molar-refractivity contribution in [2.45, 2.75) is 19.4 Å². The van der Waals surface area contributed by atoms with Gasteiger partial charge < -0.3 is 10.1 Å². The van der Waals surface area contributed by atoms with Gasteiger partial charge in [0.15, 0.2) is 0 Å². The molecule has 0 atom stereocenters. The molecule has 0 saturated heterocycles. The summed E-state index contributed by atoms with van der Waals surface area (Å²) < 4.78 is 5.26. The van der Waals surface area contributed by atoms with Crippen LogP contribution in [-0.4, -0.2) is 24.2 Å². The maximum absolute atomic E-state index is 8.84. The average Bonchev–Trinajstić information content (AvgIpc) is 2.27. The zero-order valence-corrected chi connectivity index (χ0v) is 9.24. The van der Waals surface area contributed by atoms with Crippen molar-refractivity contribution in [2.75, 3.05) is 19.0 Å². The van der Waals surface area contributed by atoms with Crippen molar-refractivity contribution >= 4 is 5.82 Å². The Morgan fingerprint density at radius 1 is 1.60 bits per heavy atom. The second-order valence-electron chi connectivity index (χ2n) is 3.83. The molecular weight excluding hydrogens is 190 g/mol. The Balaban J connectivity index is 2.70. The van der Waals surface area contributed by atoms with Crippen LogP contribution in [0.4, 0.5) is 5.82 Å². The number of anilines is 1. The van der Waals surface area contributed by atoms with E-state index in [4.69, 9.17) is 10.00 Å². The van der Waals surface area contributed by atoms with Gasteiger partial charge in [-0.25, -0.2) is 4.98 Å². The smallest absolute Gasteiger partial charge is 0.143 e. The van der Waals surface area contributed by atoms with E-state index in [1.807, 2.05) is 13.8 Å². The zero-order chi connectivity index (χ0) is 11.3. The number of methoxy groups -OCH3 is 1. The average molecular weight is 205 g/mol. The van der Waals surface area contributed by atoms with Gasteiger partial charge >= 0.3 is 0 Å². The highest BCUT2D eigenvalue weighted by molar-refractivity contribution is 5.51. The summed E-state index contributed by atoms with van der Waals surface area (Å²) in [6.07, 6.45) is 1.66. The van der Waals surface area contributed by atoms with Gasteiger partial charge in [-0.05, 0) is 26.0 Å². The maximum atomic E-state index is 8.84. The molecule has 0 aromatic carbocycles. The van der Waals surface area contributed by atoms with Gasteiger partial charge in [0, 0.05) is 19.9 Å². The largest absolute Gasteiger partial charge is 0.377 e. The number of rotatable bonds is 4. The summed E-state index contributed by atoms with van der Waals surface area (Å²) in [5, 5.41) is 11.9. The molecule has 0 bridgehead atoms. The van der Waals surface area contributed by atoms with Crippen molar-refractivity contribution < 1.29 is 4.74 Å². The van der Waals surface area contributed by atoms with Gasteiger partial charge in [-0.2, -0.15) is 5.26 Å². The highest BCUT2D eigenvalue weighted by Crippen LogP contribution is 2.13. The lowest BCUT2D eigenvalue weighted by molar-refractivity contribution is 0.0343. The molecule has 0 aliphatic carbocycles. The van der Waals surface area contributed by atoms with Crippen LogP contribution in [0, 0.1) is 11.3 Å². The van der Waals surface area contributed by atoms with Crippen molar-refractivity contribution in [3.05, 3.63) is 23.9 Å². The van der Waals surface area contributed by atoms with Crippen molar-refractivity contribution in [3.63, 3.8) is 0 Å². The Morgan fingerprint density at radius 3 is 2.93 bits per heavy atom. The molecule has 0 radical (unpaired) electrons. The van der Waals surface area contributed by atoms with Crippen molar-refractivity contribution in [2.24, 2.45) is 0 Å². The number of ether oxygens (including phenoxy) is 1. The monoisotopic (exact) mass is 205 g/mol. The van der Waals surface area contributed by atoms with Crippen LogP contribution in [0.2, 0.25) is 0 Å². The van der Waals surface area contributed by atoms with E-state index in [0.717, 1.165) is 0 Å². The van der Waals surface area contributed by atoms with Gasteiger partial charge in [0.05, 0.1) is 11.2 Å². The highest BCUT2D eigenvalue weighted by atomic mass is 16.5. The Kier molecular flexibility index (Phi) is 3.64. The minimum atomic E-state index is -0.274. The van der Waals surface area contributed by atoms with Crippen LogP contribution >= 0.6 is 0 Å². The molecule has 1 N–H and O–H groups in total. The van der Waals surface area contributed by atoms with E-state index in [1.54, 1.807) is 25.4 Å². The predicted molar refractivity (Wildman–Crippen MR) is 58.5 cm³/mol. The number of nitrogens with zero attached hydrogens (tertiary/aromatic N) is 2. The molecule has 1 aromatic heterocycles. The second-order valence-corrected chi connectivity index (χ2v) is 3.83. The second kappa shape index (κ2) is 4.76. The third-order valence-corrected chi connectivity index (χ3v) is 2.16. The molecule has 1 aromatic rings. The summed E-state index contributed by atoms with van der Waals surface area (Å²) >= 11 is 0. The van der Waals surface area contributed by atoms with Crippen LogP contribution < -0.4 is 5.32 Å². The molecule has 0 amide bonds. The van der Waals surface area contributed by atoms with Crippen molar-refractivity contribution in [1.82, 2.24) is 4.98 Å². The molecule has 4 nitrogen and oxygen atoms in total. The molecule has 0 saturated carbocycles. The first-order valence-electron chi connectivity index (χ1n) is 4.73. The van der Waals surface area contributed by atoms with Gasteiger partial charge in [-0.3, -0.25) is 0 Å². The lowest BCUT2D eigenvalue weighted by Gasteiger charge is -2.23.